The molecule has 0 saturated carbocycles. The van der Waals surface area contributed by atoms with E-state index in [1.807, 2.05) is 44.2 Å². The molecule has 0 saturated heterocycles. The van der Waals surface area contributed by atoms with Crippen molar-refractivity contribution in [1.82, 2.24) is 10.2 Å². The Morgan fingerprint density at radius 2 is 1.57 bits per heavy atom. The number of nitro benzene ring substituents is 1. The number of benzene rings is 4. The lowest BCUT2D eigenvalue weighted by molar-refractivity contribution is -0.384. The van der Waals surface area contributed by atoms with Gasteiger partial charge in [-0.15, -0.1) is 0 Å². The number of anilines is 1. The third-order valence-electron chi connectivity index (χ3n) is 7.57. The van der Waals surface area contributed by atoms with Crippen LogP contribution in [0.25, 0.3) is 0 Å². The molecule has 0 radical (unpaired) electrons. The largest absolute Gasteiger partial charge is 0.352 e. The lowest BCUT2D eigenvalue weighted by atomic mass is 10.0. The summed E-state index contributed by atoms with van der Waals surface area (Å²) in [5.74, 6) is -1.17. The van der Waals surface area contributed by atoms with Crippen molar-refractivity contribution in [2.75, 3.05) is 10.8 Å². The highest BCUT2D eigenvalue weighted by atomic mass is 35.5. The number of halogens is 2. The minimum absolute atomic E-state index is 0.0930. The summed E-state index contributed by atoms with van der Waals surface area (Å²) in [6.07, 6.45) is 0.749. The van der Waals surface area contributed by atoms with Gasteiger partial charge in [-0.05, 0) is 54.8 Å². The van der Waals surface area contributed by atoms with E-state index in [-0.39, 0.29) is 40.3 Å². The molecule has 4 aromatic carbocycles. The first-order valence-corrected chi connectivity index (χ1v) is 17.0. The maximum absolute atomic E-state index is 14.5. The van der Waals surface area contributed by atoms with Gasteiger partial charge in [0, 0.05) is 41.2 Å². The van der Waals surface area contributed by atoms with E-state index in [4.69, 9.17) is 23.2 Å². The van der Waals surface area contributed by atoms with Crippen LogP contribution in [0.15, 0.2) is 108 Å². The summed E-state index contributed by atoms with van der Waals surface area (Å²) >= 11 is 12.7. The molecule has 4 aromatic rings. The maximum atomic E-state index is 14.5. The molecule has 2 atom stereocenters. The number of nitro groups is 1. The molecule has 47 heavy (non-hydrogen) atoms. The average molecular weight is 698 g/mol. The summed E-state index contributed by atoms with van der Waals surface area (Å²) < 4.78 is 29.0. The second-order valence-corrected chi connectivity index (χ2v) is 13.6. The molecule has 0 unspecified atom stereocenters. The van der Waals surface area contributed by atoms with Gasteiger partial charge >= 0.3 is 0 Å². The monoisotopic (exact) mass is 696 g/mol. The van der Waals surface area contributed by atoms with Crippen LogP contribution in [0, 0.1) is 10.1 Å². The molecule has 4 rings (SSSR count). The number of carbonyl (C=O) groups is 2. The quantitative estimate of drug-likeness (QED) is 0.116. The maximum Gasteiger partial charge on any atom is 0.271 e. The highest BCUT2D eigenvalue weighted by Gasteiger charge is 2.35. The first-order chi connectivity index (χ1) is 22.4. The van der Waals surface area contributed by atoms with Crippen LogP contribution >= 0.6 is 23.2 Å². The van der Waals surface area contributed by atoms with E-state index >= 15 is 0 Å². The fraction of sp³-hybridized carbons (Fsp3) is 0.235. The summed E-state index contributed by atoms with van der Waals surface area (Å²) in [6, 6.07) is 25.1. The van der Waals surface area contributed by atoms with E-state index in [9.17, 15) is 28.1 Å². The SMILES string of the molecule is CC[C@@H](C)NC(=O)[C@@H](Cc1ccccc1)N(Cc1ccc(Cl)cc1Cl)C(=O)CN(c1cccc([N+](=O)[O-])c1)S(=O)(=O)c1ccccc1. The zero-order chi connectivity index (χ0) is 34.1. The van der Waals surface area contributed by atoms with E-state index in [2.05, 4.69) is 5.32 Å². The first kappa shape index (κ1) is 35.4. The molecule has 13 heteroatoms. The summed E-state index contributed by atoms with van der Waals surface area (Å²) in [5.41, 5.74) is 0.795. The zero-order valence-corrected chi connectivity index (χ0v) is 28.1. The van der Waals surface area contributed by atoms with Crippen molar-refractivity contribution < 1.29 is 22.9 Å². The second kappa shape index (κ2) is 15.9. The van der Waals surface area contributed by atoms with Crippen LogP contribution in [-0.4, -0.2) is 48.7 Å². The molecule has 0 aliphatic rings. The number of carbonyl (C=O) groups excluding carboxylic acids is 2. The van der Waals surface area contributed by atoms with Gasteiger partial charge in [0.15, 0.2) is 0 Å². The van der Waals surface area contributed by atoms with Gasteiger partial charge in [0.05, 0.1) is 15.5 Å². The van der Waals surface area contributed by atoms with Crippen molar-refractivity contribution in [3.05, 3.63) is 134 Å². The molecule has 0 aromatic heterocycles. The van der Waals surface area contributed by atoms with E-state index < -0.39 is 39.3 Å². The number of amides is 2. The van der Waals surface area contributed by atoms with Gasteiger partial charge in [-0.3, -0.25) is 24.0 Å². The smallest absolute Gasteiger partial charge is 0.271 e. The fourth-order valence-corrected chi connectivity index (χ4v) is 6.73. The van der Waals surface area contributed by atoms with Crippen LogP contribution in [0.5, 0.6) is 0 Å². The molecule has 2 amide bonds. The van der Waals surface area contributed by atoms with Crippen molar-refractivity contribution in [2.24, 2.45) is 0 Å². The molecular formula is C34H34Cl2N4O6S. The van der Waals surface area contributed by atoms with Gasteiger partial charge in [0.1, 0.15) is 12.6 Å². The third kappa shape index (κ3) is 9.09. The molecule has 0 spiro atoms. The second-order valence-electron chi connectivity index (χ2n) is 10.9. The fourth-order valence-electron chi connectivity index (χ4n) is 4.84. The zero-order valence-electron chi connectivity index (χ0n) is 25.8. The number of nitrogens with one attached hydrogen (secondary N) is 1. The predicted octanol–water partition coefficient (Wildman–Crippen LogP) is 6.65. The topological polar surface area (TPSA) is 130 Å². The Kier molecular flexibility index (Phi) is 12.0. The van der Waals surface area contributed by atoms with Crippen LogP contribution in [0.2, 0.25) is 10.0 Å². The van der Waals surface area contributed by atoms with Gasteiger partial charge in [-0.25, -0.2) is 8.42 Å². The number of rotatable bonds is 14. The van der Waals surface area contributed by atoms with E-state index in [0.29, 0.717) is 17.0 Å². The highest BCUT2D eigenvalue weighted by molar-refractivity contribution is 7.92. The van der Waals surface area contributed by atoms with Gasteiger partial charge in [-0.2, -0.15) is 0 Å². The predicted molar refractivity (Wildman–Crippen MR) is 183 cm³/mol. The Bertz CT molecular complexity index is 1830. The van der Waals surface area contributed by atoms with E-state index in [1.54, 1.807) is 18.2 Å². The molecule has 1 N–H and O–H groups in total. The van der Waals surface area contributed by atoms with Crippen LogP contribution in [-0.2, 0) is 32.6 Å². The number of hydrogen-bond donors (Lipinski definition) is 1. The standard InChI is InChI=1S/C34H34Cl2N4O6S/c1-3-24(2)37-34(42)32(19-25-11-6-4-7-12-25)38(22-26-17-18-27(35)20-31(26)36)33(41)23-39(28-13-10-14-29(21-28)40(43)44)47(45,46)30-15-8-5-9-16-30/h4-18,20-21,24,32H,3,19,22-23H2,1-2H3,(H,37,42)/t24-,32-/m1/s1. The average Bonchev–Trinajstić information content (AvgIpc) is 3.06. The molecule has 0 aliphatic carbocycles. The molecule has 0 bridgehead atoms. The Hall–Kier alpha value is -4.45. The Balaban J connectivity index is 1.85. The van der Waals surface area contributed by atoms with Crippen LogP contribution < -0.4 is 9.62 Å². The third-order valence-corrected chi connectivity index (χ3v) is 9.94. The molecule has 246 valence electrons. The number of non-ortho nitro benzene ring substituents is 1. The molecule has 0 aliphatic heterocycles. The Labute approximate surface area is 284 Å². The van der Waals surface area contributed by atoms with Crippen molar-refractivity contribution in [2.45, 2.75) is 50.2 Å². The van der Waals surface area contributed by atoms with Crippen molar-refractivity contribution >= 4 is 56.4 Å². The summed E-state index contributed by atoms with van der Waals surface area (Å²) in [4.78, 5) is 40.6. The van der Waals surface area contributed by atoms with Crippen LogP contribution in [0.1, 0.15) is 31.4 Å². The Morgan fingerprint density at radius 3 is 2.19 bits per heavy atom. The minimum Gasteiger partial charge on any atom is -0.352 e. The van der Waals surface area contributed by atoms with Crippen LogP contribution in [0.3, 0.4) is 0 Å². The molecular weight excluding hydrogens is 663 g/mol. The normalized spacial score (nSPS) is 12.5. The van der Waals surface area contributed by atoms with Gasteiger partial charge < -0.3 is 10.2 Å². The Morgan fingerprint density at radius 1 is 0.915 bits per heavy atom. The van der Waals surface area contributed by atoms with Gasteiger partial charge in [0.2, 0.25) is 11.8 Å². The van der Waals surface area contributed by atoms with Gasteiger partial charge in [-0.1, -0.05) is 90.8 Å². The van der Waals surface area contributed by atoms with E-state index in [1.165, 1.54) is 53.4 Å². The lowest BCUT2D eigenvalue weighted by Gasteiger charge is -2.34. The lowest BCUT2D eigenvalue weighted by Crippen LogP contribution is -2.54. The first-order valence-electron chi connectivity index (χ1n) is 14.8. The molecule has 0 fully saturated rings. The number of nitrogens with zero attached hydrogens (tertiary/aromatic N) is 3. The van der Waals surface area contributed by atoms with Crippen molar-refractivity contribution in [3.8, 4) is 0 Å². The summed E-state index contributed by atoms with van der Waals surface area (Å²) in [7, 11) is -4.42. The van der Waals surface area contributed by atoms with E-state index in [0.717, 1.165) is 15.9 Å². The number of hydrogen-bond acceptors (Lipinski definition) is 6. The van der Waals surface area contributed by atoms with Gasteiger partial charge in [0.25, 0.3) is 15.7 Å². The highest BCUT2D eigenvalue weighted by Crippen LogP contribution is 2.29. The summed E-state index contributed by atoms with van der Waals surface area (Å²) in [5, 5.41) is 15.2. The van der Waals surface area contributed by atoms with Crippen LogP contribution in [0.4, 0.5) is 11.4 Å². The number of sulfonamides is 1. The minimum atomic E-state index is -4.42. The molecule has 10 nitrogen and oxygen atoms in total. The van der Waals surface area contributed by atoms with Crippen molar-refractivity contribution in [1.29, 1.82) is 0 Å². The molecule has 0 heterocycles. The summed E-state index contributed by atoms with van der Waals surface area (Å²) in [6.45, 7) is 2.83. The van der Waals surface area contributed by atoms with Crippen molar-refractivity contribution in [3.63, 3.8) is 0 Å².